The Morgan fingerprint density at radius 3 is 1.62 bits per heavy atom. The first-order chi connectivity index (χ1) is 11.7. The van der Waals surface area contributed by atoms with Crippen LogP contribution in [0.3, 0.4) is 0 Å². The fourth-order valence-corrected chi connectivity index (χ4v) is 3.00. The molecule has 144 valence electrons. The topological polar surface area (TPSA) is 26.3 Å². The number of hydrogen-bond acceptors (Lipinski definition) is 2. The molecule has 0 radical (unpaired) electrons. The highest BCUT2D eigenvalue weighted by Gasteiger charge is 2.01. The van der Waals surface area contributed by atoms with Gasteiger partial charge in [0.25, 0.3) is 0 Å². The highest BCUT2D eigenvalue weighted by Crippen LogP contribution is 2.14. The molecule has 0 saturated heterocycles. The van der Waals surface area contributed by atoms with Crippen LogP contribution in [-0.2, 0) is 9.53 Å². The van der Waals surface area contributed by atoms with E-state index in [-0.39, 0.29) is 5.97 Å². The van der Waals surface area contributed by atoms with E-state index < -0.39 is 0 Å². The summed E-state index contributed by atoms with van der Waals surface area (Å²) >= 11 is 0. The van der Waals surface area contributed by atoms with Crippen molar-refractivity contribution in [1.82, 2.24) is 0 Å². The number of carbonyl (C=O) groups is 1. The smallest absolute Gasteiger partial charge is 0.305 e. The maximum absolute atomic E-state index is 11.3. The van der Waals surface area contributed by atoms with E-state index in [0.29, 0.717) is 13.0 Å². The van der Waals surface area contributed by atoms with Crippen LogP contribution in [0.5, 0.6) is 0 Å². The molecule has 2 heteroatoms. The summed E-state index contributed by atoms with van der Waals surface area (Å²) < 4.78 is 5.22. The van der Waals surface area contributed by atoms with Crippen LogP contribution in [0.4, 0.5) is 0 Å². The minimum absolute atomic E-state index is 0.0129. The zero-order valence-electron chi connectivity index (χ0n) is 16.9. The molecule has 0 heterocycles. The van der Waals surface area contributed by atoms with E-state index in [1.807, 2.05) is 0 Å². The first-order valence-electron chi connectivity index (χ1n) is 10.8. The molecule has 0 N–H and O–H groups in total. The van der Waals surface area contributed by atoms with Gasteiger partial charge in [-0.1, -0.05) is 104 Å². The van der Waals surface area contributed by atoms with Crippen molar-refractivity contribution in [1.29, 1.82) is 0 Å². The van der Waals surface area contributed by atoms with Crippen LogP contribution in [0, 0.1) is 5.92 Å². The standard InChI is InChI=1S/C22H44O2/c1-4-5-19-22(23)24-20-17-15-13-11-9-7-6-8-10-12-14-16-18-21(2)3/h21H,4-20H2,1-3H3. The summed E-state index contributed by atoms with van der Waals surface area (Å²) in [6.07, 6.45) is 20.2. The third-order valence-corrected chi connectivity index (χ3v) is 4.67. The van der Waals surface area contributed by atoms with E-state index in [2.05, 4.69) is 20.8 Å². The van der Waals surface area contributed by atoms with Gasteiger partial charge in [0.05, 0.1) is 6.61 Å². The van der Waals surface area contributed by atoms with Gasteiger partial charge in [-0.2, -0.15) is 0 Å². The molecule has 0 atom stereocenters. The van der Waals surface area contributed by atoms with Crippen LogP contribution >= 0.6 is 0 Å². The molecule has 0 bridgehead atoms. The van der Waals surface area contributed by atoms with Gasteiger partial charge in [0.1, 0.15) is 0 Å². The quantitative estimate of drug-likeness (QED) is 0.191. The third-order valence-electron chi connectivity index (χ3n) is 4.67. The monoisotopic (exact) mass is 340 g/mol. The van der Waals surface area contributed by atoms with Gasteiger partial charge in [0, 0.05) is 6.42 Å². The zero-order chi connectivity index (χ0) is 17.9. The van der Waals surface area contributed by atoms with Crippen molar-refractivity contribution in [2.75, 3.05) is 6.61 Å². The van der Waals surface area contributed by atoms with Gasteiger partial charge in [-0.15, -0.1) is 0 Å². The SMILES string of the molecule is CCCCC(=O)OCCCCCCCCCCCCCCC(C)C. The lowest BCUT2D eigenvalue weighted by Crippen LogP contribution is -2.05. The van der Waals surface area contributed by atoms with Gasteiger partial charge < -0.3 is 4.74 Å². The molecule has 0 aromatic rings. The van der Waals surface area contributed by atoms with Crippen LogP contribution in [0.2, 0.25) is 0 Å². The van der Waals surface area contributed by atoms with E-state index in [0.717, 1.165) is 25.2 Å². The van der Waals surface area contributed by atoms with Crippen LogP contribution in [0.1, 0.15) is 124 Å². The number of rotatable bonds is 18. The van der Waals surface area contributed by atoms with Crippen molar-refractivity contribution >= 4 is 5.97 Å². The molecule has 0 saturated carbocycles. The minimum Gasteiger partial charge on any atom is -0.466 e. The van der Waals surface area contributed by atoms with Crippen molar-refractivity contribution in [2.24, 2.45) is 5.92 Å². The maximum atomic E-state index is 11.3. The highest BCUT2D eigenvalue weighted by atomic mass is 16.5. The largest absolute Gasteiger partial charge is 0.466 e. The van der Waals surface area contributed by atoms with Crippen LogP contribution < -0.4 is 0 Å². The van der Waals surface area contributed by atoms with E-state index in [1.54, 1.807) is 0 Å². The summed E-state index contributed by atoms with van der Waals surface area (Å²) in [6, 6.07) is 0. The van der Waals surface area contributed by atoms with E-state index in [4.69, 9.17) is 4.74 Å². The minimum atomic E-state index is -0.0129. The second-order valence-electron chi connectivity index (χ2n) is 7.75. The van der Waals surface area contributed by atoms with Gasteiger partial charge >= 0.3 is 5.97 Å². The summed E-state index contributed by atoms with van der Waals surface area (Å²) in [5.41, 5.74) is 0. The lowest BCUT2D eigenvalue weighted by Gasteiger charge is -2.05. The van der Waals surface area contributed by atoms with Crippen molar-refractivity contribution in [3.8, 4) is 0 Å². The molecule has 0 aromatic carbocycles. The summed E-state index contributed by atoms with van der Waals surface area (Å²) in [6.45, 7) is 7.36. The van der Waals surface area contributed by atoms with E-state index in [9.17, 15) is 4.79 Å². The average Bonchev–Trinajstić information content (AvgIpc) is 2.56. The molecule has 0 aliphatic rings. The Morgan fingerprint density at radius 2 is 1.17 bits per heavy atom. The fraction of sp³-hybridized carbons (Fsp3) is 0.955. The second kappa shape index (κ2) is 18.8. The van der Waals surface area contributed by atoms with Crippen molar-refractivity contribution in [2.45, 2.75) is 124 Å². The zero-order valence-corrected chi connectivity index (χ0v) is 16.9. The molecule has 24 heavy (non-hydrogen) atoms. The van der Waals surface area contributed by atoms with Crippen molar-refractivity contribution in [3.05, 3.63) is 0 Å². The fourth-order valence-electron chi connectivity index (χ4n) is 3.00. The number of unbranched alkanes of at least 4 members (excludes halogenated alkanes) is 12. The van der Waals surface area contributed by atoms with E-state index >= 15 is 0 Å². The Bertz CT molecular complexity index is 261. The molecular weight excluding hydrogens is 296 g/mol. The number of hydrogen-bond donors (Lipinski definition) is 0. The molecule has 0 unspecified atom stereocenters. The number of esters is 1. The van der Waals surface area contributed by atoms with E-state index in [1.165, 1.54) is 77.0 Å². The third kappa shape index (κ3) is 19.5. The second-order valence-corrected chi connectivity index (χ2v) is 7.75. The maximum Gasteiger partial charge on any atom is 0.305 e. The average molecular weight is 341 g/mol. The summed E-state index contributed by atoms with van der Waals surface area (Å²) in [4.78, 5) is 11.3. The van der Waals surface area contributed by atoms with Crippen molar-refractivity contribution in [3.63, 3.8) is 0 Å². The van der Waals surface area contributed by atoms with Gasteiger partial charge in [-0.3, -0.25) is 4.79 Å². The summed E-state index contributed by atoms with van der Waals surface area (Å²) in [5, 5.41) is 0. The summed E-state index contributed by atoms with van der Waals surface area (Å²) in [7, 11) is 0. The molecule has 0 aliphatic carbocycles. The first-order valence-corrected chi connectivity index (χ1v) is 10.8. The van der Waals surface area contributed by atoms with Crippen LogP contribution in [-0.4, -0.2) is 12.6 Å². The highest BCUT2D eigenvalue weighted by molar-refractivity contribution is 5.69. The van der Waals surface area contributed by atoms with Crippen LogP contribution in [0.25, 0.3) is 0 Å². The lowest BCUT2D eigenvalue weighted by molar-refractivity contribution is -0.143. The normalized spacial score (nSPS) is 11.2. The lowest BCUT2D eigenvalue weighted by atomic mass is 10.0. The van der Waals surface area contributed by atoms with Crippen molar-refractivity contribution < 1.29 is 9.53 Å². The Morgan fingerprint density at radius 1 is 0.708 bits per heavy atom. The Hall–Kier alpha value is -0.530. The Balaban J connectivity index is 3.06. The molecule has 0 fully saturated rings. The van der Waals surface area contributed by atoms with Gasteiger partial charge in [0.2, 0.25) is 0 Å². The predicted octanol–water partition coefficient (Wildman–Crippen LogP) is 7.45. The molecule has 0 spiro atoms. The first kappa shape index (κ1) is 23.5. The van der Waals surface area contributed by atoms with Gasteiger partial charge in [-0.05, 0) is 18.8 Å². The van der Waals surface area contributed by atoms with Gasteiger partial charge in [-0.25, -0.2) is 0 Å². The number of carbonyl (C=O) groups excluding carboxylic acids is 1. The number of ether oxygens (including phenoxy) is 1. The molecule has 2 nitrogen and oxygen atoms in total. The van der Waals surface area contributed by atoms with Gasteiger partial charge in [0.15, 0.2) is 0 Å². The molecule has 0 aliphatic heterocycles. The molecule has 0 amide bonds. The molecular formula is C22H44O2. The predicted molar refractivity (Wildman–Crippen MR) is 105 cm³/mol. The summed E-state index contributed by atoms with van der Waals surface area (Å²) in [5.74, 6) is 0.860. The Kier molecular flexibility index (Phi) is 18.4. The Labute approximate surface area is 152 Å². The molecule has 0 rings (SSSR count). The molecule has 0 aromatic heterocycles. The van der Waals surface area contributed by atoms with Crippen LogP contribution in [0.15, 0.2) is 0 Å².